The molecular weight excluding hydrogens is 108 g/mol. The van der Waals surface area contributed by atoms with Crippen LogP contribution in [0.5, 0.6) is 0 Å². The zero-order valence-corrected chi connectivity index (χ0v) is 4.19. The van der Waals surface area contributed by atoms with E-state index in [0.29, 0.717) is 4.74 Å². The molecule has 0 aromatic heterocycles. The van der Waals surface area contributed by atoms with Gasteiger partial charge in [0.05, 0.1) is 6.20 Å². The van der Waals surface area contributed by atoms with Gasteiger partial charge in [-0.15, -0.1) is 0 Å². The molecule has 8 heavy (non-hydrogen) atoms. The second kappa shape index (κ2) is 1.83. The van der Waals surface area contributed by atoms with Crippen LogP contribution in [0.1, 0.15) is 0 Å². The molecular formula is C4H6N2O2. The molecule has 0 saturated heterocycles. The van der Waals surface area contributed by atoms with E-state index in [1.165, 1.54) is 18.6 Å². The molecule has 0 atom stereocenters. The standard InChI is InChI=1S/C4H6N2O2/c7-5-1-2-6(8)4-3-5/h1-3,8H,4H2. The molecule has 0 saturated carbocycles. The molecule has 0 aliphatic carbocycles. The monoisotopic (exact) mass is 114 g/mol. The Morgan fingerprint density at radius 2 is 2.50 bits per heavy atom. The van der Waals surface area contributed by atoms with Gasteiger partial charge in [-0.2, -0.15) is 4.74 Å². The molecule has 1 N–H and O–H groups in total. The van der Waals surface area contributed by atoms with Crippen molar-refractivity contribution in [3.8, 4) is 0 Å². The van der Waals surface area contributed by atoms with Crippen LogP contribution in [0.4, 0.5) is 0 Å². The summed E-state index contributed by atoms with van der Waals surface area (Å²) in [6.45, 7) is 0.264. The van der Waals surface area contributed by atoms with Crippen LogP contribution in [-0.4, -0.2) is 27.8 Å². The summed E-state index contributed by atoms with van der Waals surface area (Å²) in [5, 5.41) is 19.7. The highest BCUT2D eigenvalue weighted by Gasteiger charge is 1.99. The molecule has 0 radical (unpaired) electrons. The minimum Gasteiger partial charge on any atom is -0.619 e. The second-order valence-electron chi connectivity index (χ2n) is 1.46. The van der Waals surface area contributed by atoms with Crippen molar-refractivity contribution in [3.63, 3.8) is 0 Å². The van der Waals surface area contributed by atoms with E-state index >= 15 is 0 Å². The number of hydroxylamine groups is 3. The lowest BCUT2D eigenvalue weighted by Gasteiger charge is -2.10. The maximum absolute atomic E-state index is 10.2. The molecule has 0 aromatic rings. The Labute approximate surface area is 46.5 Å². The Balaban J connectivity index is 2.58. The van der Waals surface area contributed by atoms with E-state index in [1.54, 1.807) is 0 Å². The van der Waals surface area contributed by atoms with Crippen LogP contribution in [0.2, 0.25) is 0 Å². The smallest absolute Gasteiger partial charge is 0.198 e. The van der Waals surface area contributed by atoms with Gasteiger partial charge in [0.1, 0.15) is 6.54 Å². The molecule has 4 heteroatoms. The van der Waals surface area contributed by atoms with Crippen molar-refractivity contribution < 1.29 is 9.95 Å². The predicted octanol–water partition coefficient (Wildman–Crippen LogP) is -0.257. The van der Waals surface area contributed by atoms with E-state index < -0.39 is 0 Å². The van der Waals surface area contributed by atoms with Crippen LogP contribution in [0, 0.1) is 5.21 Å². The summed E-state index contributed by atoms with van der Waals surface area (Å²) < 4.78 is 0.646. The number of nitrogens with zero attached hydrogens (tertiary/aromatic N) is 2. The molecule has 44 valence electrons. The van der Waals surface area contributed by atoms with Crippen LogP contribution < -0.4 is 0 Å². The van der Waals surface area contributed by atoms with Gasteiger partial charge in [-0.3, -0.25) is 5.21 Å². The summed E-state index contributed by atoms with van der Waals surface area (Å²) in [6.07, 6.45) is 3.84. The lowest BCUT2D eigenvalue weighted by molar-refractivity contribution is -0.381. The van der Waals surface area contributed by atoms with Crippen molar-refractivity contribution in [1.29, 1.82) is 0 Å². The quantitative estimate of drug-likeness (QED) is 0.349. The highest BCUT2D eigenvalue weighted by molar-refractivity contribution is 5.54. The summed E-state index contributed by atoms with van der Waals surface area (Å²) in [7, 11) is 0. The number of hydrogen-bond donors (Lipinski definition) is 1. The van der Waals surface area contributed by atoms with Gasteiger partial charge in [0.15, 0.2) is 12.4 Å². The summed E-state index contributed by atoms with van der Waals surface area (Å²) >= 11 is 0. The average molecular weight is 114 g/mol. The molecule has 1 aliphatic rings. The van der Waals surface area contributed by atoms with E-state index in [-0.39, 0.29) is 6.54 Å². The lowest BCUT2D eigenvalue weighted by atomic mass is 10.6. The topological polar surface area (TPSA) is 49.5 Å². The molecule has 1 aliphatic heterocycles. The van der Waals surface area contributed by atoms with Crippen LogP contribution in [0.25, 0.3) is 0 Å². The van der Waals surface area contributed by atoms with Gasteiger partial charge in [-0.1, -0.05) is 0 Å². The SMILES string of the molecule is [O-][N+]1=CCN(O)C=C1. The fourth-order valence-corrected chi connectivity index (χ4v) is 0.429. The highest BCUT2D eigenvalue weighted by atomic mass is 16.5. The first-order valence-electron chi connectivity index (χ1n) is 2.21. The molecule has 0 unspecified atom stereocenters. The Morgan fingerprint density at radius 1 is 1.75 bits per heavy atom. The minimum absolute atomic E-state index is 0.264. The molecule has 0 fully saturated rings. The van der Waals surface area contributed by atoms with Gasteiger partial charge in [-0.05, 0) is 0 Å². The van der Waals surface area contributed by atoms with Crippen LogP contribution in [0.3, 0.4) is 0 Å². The number of hydrogen-bond acceptors (Lipinski definition) is 3. The first-order valence-corrected chi connectivity index (χ1v) is 2.21. The first kappa shape index (κ1) is 5.11. The van der Waals surface area contributed by atoms with Crippen molar-refractivity contribution in [3.05, 3.63) is 17.6 Å². The Kier molecular flexibility index (Phi) is 1.17. The largest absolute Gasteiger partial charge is 0.619 e. The van der Waals surface area contributed by atoms with Crippen LogP contribution in [0.15, 0.2) is 12.4 Å². The normalized spacial score (nSPS) is 18.6. The Morgan fingerprint density at radius 3 is 2.88 bits per heavy atom. The van der Waals surface area contributed by atoms with E-state index in [2.05, 4.69) is 0 Å². The molecule has 0 spiro atoms. The van der Waals surface area contributed by atoms with E-state index in [1.807, 2.05) is 0 Å². The Bertz CT molecular complexity index is 141. The third kappa shape index (κ3) is 0.974. The average Bonchev–Trinajstić information content (AvgIpc) is 1.77. The third-order valence-corrected chi connectivity index (χ3v) is 0.834. The molecule has 0 amide bonds. The minimum atomic E-state index is 0.264. The third-order valence-electron chi connectivity index (χ3n) is 0.834. The number of rotatable bonds is 0. The second-order valence-corrected chi connectivity index (χ2v) is 1.46. The van der Waals surface area contributed by atoms with E-state index in [9.17, 15) is 5.21 Å². The van der Waals surface area contributed by atoms with Gasteiger partial charge in [0.25, 0.3) is 0 Å². The van der Waals surface area contributed by atoms with Crippen molar-refractivity contribution in [2.45, 2.75) is 0 Å². The van der Waals surface area contributed by atoms with Gasteiger partial charge in [0, 0.05) is 0 Å². The zero-order valence-electron chi connectivity index (χ0n) is 4.19. The van der Waals surface area contributed by atoms with Crippen molar-refractivity contribution in [2.24, 2.45) is 0 Å². The highest BCUT2D eigenvalue weighted by Crippen LogP contribution is 1.87. The molecule has 1 rings (SSSR count). The lowest BCUT2D eigenvalue weighted by Crippen LogP contribution is -2.21. The Hall–Kier alpha value is -1.03. The van der Waals surface area contributed by atoms with Gasteiger partial charge in [-0.25, -0.2) is 5.06 Å². The van der Waals surface area contributed by atoms with Gasteiger partial charge >= 0.3 is 0 Å². The molecule has 0 aromatic carbocycles. The van der Waals surface area contributed by atoms with Crippen molar-refractivity contribution in [1.82, 2.24) is 5.06 Å². The molecule has 4 nitrogen and oxygen atoms in total. The van der Waals surface area contributed by atoms with Crippen LogP contribution in [-0.2, 0) is 0 Å². The van der Waals surface area contributed by atoms with Crippen LogP contribution >= 0.6 is 0 Å². The summed E-state index contributed by atoms with van der Waals surface area (Å²) in [5.74, 6) is 0. The van der Waals surface area contributed by atoms with Gasteiger partial charge < -0.3 is 5.21 Å². The maximum atomic E-state index is 10.2. The fourth-order valence-electron chi connectivity index (χ4n) is 0.429. The van der Waals surface area contributed by atoms with Crippen molar-refractivity contribution in [2.75, 3.05) is 6.54 Å². The zero-order chi connectivity index (χ0) is 5.98. The maximum Gasteiger partial charge on any atom is 0.198 e. The van der Waals surface area contributed by atoms with E-state index in [4.69, 9.17) is 5.21 Å². The summed E-state index contributed by atoms with van der Waals surface area (Å²) in [6, 6.07) is 0. The van der Waals surface area contributed by atoms with Crippen molar-refractivity contribution >= 4 is 6.21 Å². The molecule has 1 heterocycles. The summed E-state index contributed by atoms with van der Waals surface area (Å²) in [4.78, 5) is 0. The fraction of sp³-hybridized carbons (Fsp3) is 0.250. The van der Waals surface area contributed by atoms with Gasteiger partial charge in [0.2, 0.25) is 0 Å². The first-order chi connectivity index (χ1) is 3.79. The van der Waals surface area contributed by atoms with E-state index in [0.717, 1.165) is 5.06 Å². The molecule has 0 bridgehead atoms. The summed E-state index contributed by atoms with van der Waals surface area (Å²) in [5.41, 5.74) is 0. The predicted molar refractivity (Wildman–Crippen MR) is 27.3 cm³/mol.